The number of hydrogen-bond donors (Lipinski definition) is 2. The molecule has 0 bridgehead atoms. The maximum atomic E-state index is 3.60. The van der Waals surface area contributed by atoms with Gasteiger partial charge in [-0.05, 0) is 26.1 Å². The van der Waals surface area contributed by atoms with Crippen molar-refractivity contribution in [3.63, 3.8) is 0 Å². The molecule has 1 rings (SSSR count). The molecule has 70 valence electrons. The number of nitrogens with zero attached hydrogens (tertiary/aromatic N) is 1. The highest BCUT2D eigenvalue weighted by atomic mass is 15.1. The first-order valence-electron chi connectivity index (χ1n) is 4.50. The third-order valence-electron chi connectivity index (χ3n) is 1.44. The summed E-state index contributed by atoms with van der Waals surface area (Å²) in [7, 11) is 2.00. The van der Waals surface area contributed by atoms with E-state index in [9.17, 15) is 0 Å². The molecule has 0 atom stereocenters. The van der Waals surface area contributed by atoms with Crippen LogP contribution in [0, 0.1) is 0 Å². The Morgan fingerprint density at radius 3 is 2.58 bits per heavy atom. The van der Waals surface area contributed by atoms with Gasteiger partial charge in [0.2, 0.25) is 0 Å². The zero-order chi connectivity index (χ0) is 9.07. The second kappa shape index (κ2) is 10.2. The molecule has 0 amide bonds. The molecule has 0 fully saturated rings. The lowest BCUT2D eigenvalue weighted by Crippen LogP contribution is -2.06. The van der Waals surface area contributed by atoms with E-state index in [2.05, 4.69) is 22.4 Å². The van der Waals surface area contributed by atoms with E-state index in [1.165, 1.54) is 25.8 Å². The summed E-state index contributed by atoms with van der Waals surface area (Å²) >= 11 is 0. The van der Waals surface area contributed by atoms with Crippen LogP contribution in [0.15, 0.2) is 18.5 Å². The summed E-state index contributed by atoms with van der Waals surface area (Å²) in [4.78, 5) is 0. The molecule has 1 aromatic heterocycles. The molecule has 0 unspecified atom stereocenters. The highest BCUT2D eigenvalue weighted by Crippen LogP contribution is 1.89. The predicted molar refractivity (Wildman–Crippen MR) is 52.0 cm³/mol. The lowest BCUT2D eigenvalue weighted by Gasteiger charge is -1.93. The second-order valence-corrected chi connectivity index (χ2v) is 2.58. The monoisotopic (exact) mass is 169 g/mol. The molecule has 0 aromatic carbocycles. The van der Waals surface area contributed by atoms with E-state index in [0.29, 0.717) is 0 Å². The third kappa shape index (κ3) is 9.17. The fourth-order valence-electron chi connectivity index (χ4n) is 0.767. The summed E-state index contributed by atoms with van der Waals surface area (Å²) in [5.74, 6) is 0. The quantitative estimate of drug-likeness (QED) is 0.675. The molecule has 0 saturated carbocycles. The fraction of sp³-hybridized carbons (Fsp3) is 0.667. The Hall–Kier alpha value is -0.830. The first-order chi connectivity index (χ1) is 5.91. The van der Waals surface area contributed by atoms with Gasteiger partial charge in [-0.25, -0.2) is 0 Å². The molecule has 0 aliphatic carbocycles. The van der Waals surface area contributed by atoms with Crippen molar-refractivity contribution in [2.45, 2.75) is 26.2 Å². The number of aromatic amines is 1. The van der Waals surface area contributed by atoms with Gasteiger partial charge in [-0.3, -0.25) is 5.10 Å². The number of aromatic nitrogens is 2. The highest BCUT2D eigenvalue weighted by Gasteiger charge is 1.78. The van der Waals surface area contributed by atoms with Crippen LogP contribution in [0.3, 0.4) is 0 Å². The SMILES string of the molecule is CCCCCNC.c1cn[nH]c1. The van der Waals surface area contributed by atoms with E-state index in [-0.39, 0.29) is 0 Å². The Balaban J connectivity index is 0.000000211. The minimum atomic E-state index is 1.17. The third-order valence-corrected chi connectivity index (χ3v) is 1.44. The molecule has 0 spiro atoms. The van der Waals surface area contributed by atoms with E-state index in [0.717, 1.165) is 0 Å². The zero-order valence-electron chi connectivity index (χ0n) is 8.01. The van der Waals surface area contributed by atoms with Crippen LogP contribution in [0.25, 0.3) is 0 Å². The predicted octanol–water partition coefficient (Wildman–Crippen LogP) is 1.81. The van der Waals surface area contributed by atoms with Crippen LogP contribution >= 0.6 is 0 Å². The van der Waals surface area contributed by atoms with Gasteiger partial charge in [0.1, 0.15) is 0 Å². The molecule has 1 aromatic rings. The zero-order valence-corrected chi connectivity index (χ0v) is 8.01. The molecule has 0 saturated heterocycles. The van der Waals surface area contributed by atoms with Crippen LogP contribution in [0.2, 0.25) is 0 Å². The van der Waals surface area contributed by atoms with Gasteiger partial charge in [0.15, 0.2) is 0 Å². The van der Waals surface area contributed by atoms with E-state index < -0.39 is 0 Å². The van der Waals surface area contributed by atoms with Gasteiger partial charge in [0.25, 0.3) is 0 Å². The average Bonchev–Trinajstić information content (AvgIpc) is 2.62. The summed E-state index contributed by atoms with van der Waals surface area (Å²) in [6.07, 6.45) is 7.47. The maximum Gasteiger partial charge on any atom is 0.0487 e. The van der Waals surface area contributed by atoms with Crippen molar-refractivity contribution >= 4 is 0 Å². The van der Waals surface area contributed by atoms with Crippen LogP contribution in [0.1, 0.15) is 26.2 Å². The number of rotatable bonds is 4. The molecular weight excluding hydrogens is 150 g/mol. The molecule has 0 aliphatic heterocycles. The van der Waals surface area contributed by atoms with Crippen molar-refractivity contribution in [2.24, 2.45) is 0 Å². The molecule has 3 heteroatoms. The van der Waals surface area contributed by atoms with Crippen LogP contribution < -0.4 is 5.32 Å². The Kier molecular flexibility index (Phi) is 9.47. The van der Waals surface area contributed by atoms with Crippen LogP contribution in [0.5, 0.6) is 0 Å². The smallest absolute Gasteiger partial charge is 0.0487 e. The van der Waals surface area contributed by atoms with Crippen molar-refractivity contribution in [1.82, 2.24) is 15.5 Å². The van der Waals surface area contributed by atoms with Gasteiger partial charge in [-0.2, -0.15) is 5.10 Å². The first kappa shape index (κ1) is 11.2. The normalized spacial score (nSPS) is 8.83. The minimum Gasteiger partial charge on any atom is -0.320 e. The van der Waals surface area contributed by atoms with Crippen molar-refractivity contribution in [3.8, 4) is 0 Å². The summed E-state index contributed by atoms with van der Waals surface area (Å²) in [5.41, 5.74) is 0. The summed E-state index contributed by atoms with van der Waals surface area (Å²) in [6, 6.07) is 1.83. The standard InChI is InChI=1S/C6H15N.C3H4N2/c1-3-4-5-6-7-2;1-2-4-5-3-1/h7H,3-6H2,1-2H3;1-3H,(H,4,5). The van der Waals surface area contributed by atoms with Gasteiger partial charge in [0, 0.05) is 12.4 Å². The van der Waals surface area contributed by atoms with Crippen LogP contribution in [-0.2, 0) is 0 Å². The second-order valence-electron chi connectivity index (χ2n) is 2.58. The van der Waals surface area contributed by atoms with E-state index in [4.69, 9.17) is 0 Å². The highest BCUT2D eigenvalue weighted by molar-refractivity contribution is 4.72. The molecule has 3 nitrogen and oxygen atoms in total. The number of nitrogens with one attached hydrogen (secondary N) is 2. The van der Waals surface area contributed by atoms with Crippen molar-refractivity contribution < 1.29 is 0 Å². The minimum absolute atomic E-state index is 1.17. The number of hydrogen-bond acceptors (Lipinski definition) is 2. The van der Waals surface area contributed by atoms with E-state index in [1.54, 1.807) is 12.4 Å². The molecule has 2 N–H and O–H groups in total. The van der Waals surface area contributed by atoms with Gasteiger partial charge < -0.3 is 5.32 Å². The summed E-state index contributed by atoms with van der Waals surface area (Å²) < 4.78 is 0. The largest absolute Gasteiger partial charge is 0.320 e. The molecule has 12 heavy (non-hydrogen) atoms. The Bertz CT molecular complexity index is 116. The first-order valence-corrected chi connectivity index (χ1v) is 4.50. The van der Waals surface area contributed by atoms with Gasteiger partial charge >= 0.3 is 0 Å². The molecule has 0 aliphatic rings. The van der Waals surface area contributed by atoms with Crippen molar-refractivity contribution in [3.05, 3.63) is 18.5 Å². The maximum absolute atomic E-state index is 3.60. The van der Waals surface area contributed by atoms with Gasteiger partial charge in [0.05, 0.1) is 0 Å². The summed E-state index contributed by atoms with van der Waals surface area (Å²) in [5, 5.41) is 9.31. The van der Waals surface area contributed by atoms with Crippen LogP contribution in [-0.4, -0.2) is 23.8 Å². The fourth-order valence-corrected chi connectivity index (χ4v) is 0.767. The van der Waals surface area contributed by atoms with Crippen molar-refractivity contribution in [2.75, 3.05) is 13.6 Å². The van der Waals surface area contributed by atoms with Crippen molar-refractivity contribution in [1.29, 1.82) is 0 Å². The molecule has 1 heterocycles. The Morgan fingerprint density at radius 1 is 1.42 bits per heavy atom. The lowest BCUT2D eigenvalue weighted by molar-refractivity contribution is 0.667. The van der Waals surface area contributed by atoms with Gasteiger partial charge in [-0.15, -0.1) is 0 Å². The lowest BCUT2D eigenvalue weighted by atomic mass is 10.2. The van der Waals surface area contributed by atoms with E-state index >= 15 is 0 Å². The van der Waals surface area contributed by atoms with Gasteiger partial charge in [-0.1, -0.05) is 19.8 Å². The summed E-state index contributed by atoms with van der Waals surface area (Å²) in [6.45, 7) is 3.39. The van der Waals surface area contributed by atoms with E-state index in [1.807, 2.05) is 13.1 Å². The Labute approximate surface area is 74.6 Å². The van der Waals surface area contributed by atoms with Crippen LogP contribution in [0.4, 0.5) is 0 Å². The topological polar surface area (TPSA) is 40.7 Å². The molecular formula is C9H19N3. The molecule has 0 radical (unpaired) electrons. The number of H-pyrrole nitrogens is 1. The Morgan fingerprint density at radius 2 is 2.25 bits per heavy atom. The average molecular weight is 169 g/mol. The number of unbranched alkanes of at least 4 members (excludes halogenated alkanes) is 2.